The minimum atomic E-state index is 0.257. The van der Waals surface area contributed by atoms with Gasteiger partial charge in [0, 0.05) is 5.57 Å². The Kier molecular flexibility index (Phi) is 4.45. The maximum absolute atomic E-state index is 9.53. The monoisotopic (exact) mass is 308 g/mol. The molecule has 0 amide bonds. The van der Waals surface area contributed by atoms with E-state index in [0.29, 0.717) is 0 Å². The summed E-state index contributed by atoms with van der Waals surface area (Å²) in [6.45, 7) is 0. The zero-order chi connectivity index (χ0) is 15.4. The molecule has 0 aromatic heterocycles. The molecule has 1 N–H and O–H groups in total. The minimum absolute atomic E-state index is 0.257. The fourth-order valence-electron chi connectivity index (χ4n) is 2.58. The average molecular weight is 309 g/mol. The molecule has 2 heteroatoms. The second kappa shape index (κ2) is 6.67. The van der Waals surface area contributed by atoms with Gasteiger partial charge in [-0.2, -0.15) is 0 Å². The fraction of sp³-hybridized carbons (Fsp3) is 0.100. The molecule has 1 aliphatic rings. The van der Waals surface area contributed by atoms with Crippen molar-refractivity contribution in [3.63, 3.8) is 0 Å². The number of rotatable bonds is 3. The highest BCUT2D eigenvalue weighted by Gasteiger charge is 2.14. The number of benzene rings is 2. The molecule has 0 spiro atoms. The van der Waals surface area contributed by atoms with E-state index in [1.807, 2.05) is 42.5 Å². The van der Waals surface area contributed by atoms with Crippen LogP contribution in [0.25, 0.3) is 10.6 Å². The van der Waals surface area contributed by atoms with Crippen LogP contribution in [0.1, 0.15) is 24.0 Å². The number of hydrogen-bond donors (Lipinski definition) is 1. The zero-order valence-electron chi connectivity index (χ0n) is 12.2. The molecule has 0 atom stereocenters. The second-order valence-corrected chi connectivity index (χ2v) is 5.62. The van der Waals surface area contributed by atoms with Crippen LogP contribution in [0.15, 0.2) is 78.4 Å². The van der Waals surface area contributed by atoms with Gasteiger partial charge in [-0.1, -0.05) is 72.3 Å². The van der Waals surface area contributed by atoms with Crippen LogP contribution in [-0.4, -0.2) is 5.11 Å². The van der Waals surface area contributed by atoms with Crippen LogP contribution in [0, 0.1) is 0 Å². The molecule has 2 aromatic rings. The predicted octanol–water partition coefficient (Wildman–Crippen LogP) is 5.78. The summed E-state index contributed by atoms with van der Waals surface area (Å²) in [6.07, 6.45) is 8.59. The topological polar surface area (TPSA) is 20.2 Å². The minimum Gasteiger partial charge on any atom is -0.508 e. The highest BCUT2D eigenvalue weighted by Crippen LogP contribution is 2.37. The number of aromatic hydroxyl groups is 1. The molecule has 0 fully saturated rings. The first-order valence-corrected chi connectivity index (χ1v) is 7.75. The van der Waals surface area contributed by atoms with Gasteiger partial charge in [-0.25, -0.2) is 0 Å². The van der Waals surface area contributed by atoms with Gasteiger partial charge < -0.3 is 5.11 Å². The molecule has 2 aromatic carbocycles. The van der Waals surface area contributed by atoms with Crippen molar-refractivity contribution in [2.24, 2.45) is 0 Å². The third-order valence-corrected chi connectivity index (χ3v) is 4.09. The van der Waals surface area contributed by atoms with Gasteiger partial charge in [0.05, 0.1) is 5.03 Å². The van der Waals surface area contributed by atoms with Gasteiger partial charge >= 0.3 is 0 Å². The molecule has 0 saturated heterocycles. The van der Waals surface area contributed by atoms with Crippen LogP contribution in [0.4, 0.5) is 0 Å². The van der Waals surface area contributed by atoms with Crippen LogP contribution in [-0.2, 0) is 0 Å². The maximum atomic E-state index is 9.53. The summed E-state index contributed by atoms with van der Waals surface area (Å²) >= 11 is 6.72. The third kappa shape index (κ3) is 3.15. The summed E-state index contributed by atoms with van der Waals surface area (Å²) in [5.74, 6) is 0.257. The highest BCUT2D eigenvalue weighted by molar-refractivity contribution is 6.53. The van der Waals surface area contributed by atoms with Gasteiger partial charge in [0.25, 0.3) is 0 Å². The van der Waals surface area contributed by atoms with E-state index in [4.69, 9.17) is 11.6 Å². The number of halogens is 1. The first-order valence-electron chi connectivity index (χ1n) is 7.37. The lowest BCUT2D eigenvalue weighted by atomic mass is 9.92. The van der Waals surface area contributed by atoms with Crippen molar-refractivity contribution in [1.82, 2.24) is 0 Å². The van der Waals surface area contributed by atoms with Crippen LogP contribution < -0.4 is 0 Å². The summed E-state index contributed by atoms with van der Waals surface area (Å²) in [6, 6.07) is 17.2. The Morgan fingerprint density at radius 1 is 0.864 bits per heavy atom. The molecule has 1 aliphatic carbocycles. The Balaban J connectivity index is 2.16. The van der Waals surface area contributed by atoms with Crippen molar-refractivity contribution in [2.45, 2.75) is 12.8 Å². The van der Waals surface area contributed by atoms with Gasteiger partial charge in [-0.05, 0) is 41.7 Å². The first-order chi connectivity index (χ1) is 10.8. The lowest BCUT2D eigenvalue weighted by Gasteiger charge is -2.15. The number of hydrogen-bond acceptors (Lipinski definition) is 1. The molecule has 0 unspecified atom stereocenters. The van der Waals surface area contributed by atoms with E-state index < -0.39 is 0 Å². The molecule has 0 radical (unpaired) electrons. The van der Waals surface area contributed by atoms with E-state index in [1.54, 1.807) is 12.1 Å². The molecular weight excluding hydrogens is 292 g/mol. The molecule has 3 rings (SSSR count). The number of phenols is 1. The zero-order valence-corrected chi connectivity index (χ0v) is 12.9. The normalized spacial score (nSPS) is 15.2. The van der Waals surface area contributed by atoms with Gasteiger partial charge in [0.15, 0.2) is 0 Å². The Morgan fingerprint density at radius 3 is 2.23 bits per heavy atom. The molecule has 0 aliphatic heterocycles. The molecular formula is C20H17ClO. The lowest BCUT2D eigenvalue weighted by Crippen LogP contribution is -1.94. The summed E-state index contributed by atoms with van der Waals surface area (Å²) in [5.41, 5.74) is 4.13. The first kappa shape index (κ1) is 14.7. The Labute approximate surface area is 135 Å². The Bertz CT molecular complexity index is 737. The van der Waals surface area contributed by atoms with Crippen molar-refractivity contribution >= 4 is 22.2 Å². The summed E-state index contributed by atoms with van der Waals surface area (Å²) in [7, 11) is 0. The third-order valence-electron chi connectivity index (χ3n) is 3.69. The van der Waals surface area contributed by atoms with Crippen LogP contribution in [0.5, 0.6) is 5.75 Å². The maximum Gasteiger partial charge on any atom is 0.115 e. The molecule has 1 nitrogen and oxygen atoms in total. The van der Waals surface area contributed by atoms with Gasteiger partial charge in [-0.15, -0.1) is 0 Å². The van der Waals surface area contributed by atoms with Crippen molar-refractivity contribution in [3.8, 4) is 5.75 Å². The molecule has 22 heavy (non-hydrogen) atoms. The van der Waals surface area contributed by atoms with E-state index in [9.17, 15) is 5.11 Å². The standard InChI is InChI=1S/C20H17ClO/c21-20(17-9-5-2-6-10-17)19(15-7-3-1-4-8-15)16-11-13-18(22)14-12-16/h2-3,5-14,22H,1,4H2/b20-19+. The molecule has 0 saturated carbocycles. The fourth-order valence-corrected chi connectivity index (χ4v) is 2.92. The number of phenolic OH excluding ortho intramolecular Hbond substituents is 1. The van der Waals surface area contributed by atoms with Gasteiger partial charge in [0.1, 0.15) is 5.75 Å². The van der Waals surface area contributed by atoms with Crippen LogP contribution in [0.3, 0.4) is 0 Å². The summed E-state index contributed by atoms with van der Waals surface area (Å²) in [4.78, 5) is 0. The van der Waals surface area contributed by atoms with Crippen LogP contribution >= 0.6 is 11.6 Å². The molecule has 0 bridgehead atoms. The predicted molar refractivity (Wildman–Crippen MR) is 93.7 cm³/mol. The van der Waals surface area contributed by atoms with Crippen molar-refractivity contribution in [2.75, 3.05) is 0 Å². The van der Waals surface area contributed by atoms with E-state index in [0.717, 1.165) is 40.1 Å². The highest BCUT2D eigenvalue weighted by atomic mass is 35.5. The van der Waals surface area contributed by atoms with Gasteiger partial charge in [-0.3, -0.25) is 0 Å². The number of allylic oxidation sites excluding steroid dienone is 5. The Morgan fingerprint density at radius 2 is 1.59 bits per heavy atom. The summed E-state index contributed by atoms with van der Waals surface area (Å²) in [5, 5.41) is 10.3. The largest absolute Gasteiger partial charge is 0.508 e. The quantitative estimate of drug-likeness (QED) is 0.713. The van der Waals surface area contributed by atoms with Gasteiger partial charge in [0.2, 0.25) is 0 Å². The van der Waals surface area contributed by atoms with E-state index in [1.165, 1.54) is 0 Å². The van der Waals surface area contributed by atoms with E-state index >= 15 is 0 Å². The second-order valence-electron chi connectivity index (χ2n) is 5.24. The van der Waals surface area contributed by atoms with E-state index in [-0.39, 0.29) is 5.75 Å². The van der Waals surface area contributed by atoms with Crippen LogP contribution in [0.2, 0.25) is 0 Å². The SMILES string of the molecule is Oc1ccc(/C(C2=CCCC=C2)=C(/Cl)c2ccccc2)cc1. The average Bonchev–Trinajstić information content (AvgIpc) is 2.58. The molecule has 0 heterocycles. The lowest BCUT2D eigenvalue weighted by molar-refractivity contribution is 0.475. The van der Waals surface area contributed by atoms with E-state index in [2.05, 4.69) is 18.2 Å². The van der Waals surface area contributed by atoms with Crippen molar-refractivity contribution in [3.05, 3.63) is 89.5 Å². The van der Waals surface area contributed by atoms with Crippen molar-refractivity contribution in [1.29, 1.82) is 0 Å². The molecule has 110 valence electrons. The Hall–Kier alpha value is -2.25. The smallest absolute Gasteiger partial charge is 0.115 e. The summed E-state index contributed by atoms with van der Waals surface area (Å²) < 4.78 is 0. The van der Waals surface area contributed by atoms with Crippen molar-refractivity contribution < 1.29 is 5.11 Å².